The Morgan fingerprint density at radius 2 is 1.85 bits per heavy atom. The average molecular weight is 275 g/mol. The van der Waals surface area contributed by atoms with Gasteiger partial charge in [-0.2, -0.15) is 0 Å². The second-order valence-corrected chi connectivity index (χ2v) is 6.95. The summed E-state index contributed by atoms with van der Waals surface area (Å²) in [6.45, 7) is 5.63. The molecular formula is C17H29N3. The fraction of sp³-hybridized carbons (Fsp3) is 0.824. The largest absolute Gasteiger partial charge is 0.355 e. The molecular weight excluding hydrogens is 246 g/mol. The highest BCUT2D eigenvalue weighted by Gasteiger charge is 2.23. The van der Waals surface area contributed by atoms with Crippen molar-refractivity contribution in [2.45, 2.75) is 71.3 Å². The van der Waals surface area contributed by atoms with Gasteiger partial charge in [0.25, 0.3) is 0 Å². The van der Waals surface area contributed by atoms with E-state index in [1.807, 2.05) is 0 Å². The minimum absolute atomic E-state index is 0.683. The number of imidazole rings is 1. The van der Waals surface area contributed by atoms with E-state index in [-0.39, 0.29) is 0 Å². The normalized spacial score (nSPS) is 27.9. The van der Waals surface area contributed by atoms with Gasteiger partial charge in [-0.1, -0.05) is 39.0 Å². The molecule has 1 aromatic rings. The van der Waals surface area contributed by atoms with Crippen LogP contribution >= 0.6 is 0 Å². The average Bonchev–Trinajstić information content (AvgIpc) is 3.07. The number of aryl methyl sites for hydroxylation is 1. The fourth-order valence-electron chi connectivity index (χ4n) is 4.03. The first-order chi connectivity index (χ1) is 9.74. The maximum Gasteiger partial charge on any atom is 0.203 e. The molecule has 3 nitrogen and oxygen atoms in total. The van der Waals surface area contributed by atoms with Crippen LogP contribution in [-0.4, -0.2) is 16.1 Å². The summed E-state index contributed by atoms with van der Waals surface area (Å²) in [6.07, 6.45) is 13.3. The molecule has 20 heavy (non-hydrogen) atoms. The fourth-order valence-corrected chi connectivity index (χ4v) is 4.03. The van der Waals surface area contributed by atoms with Gasteiger partial charge in [0.2, 0.25) is 5.95 Å². The van der Waals surface area contributed by atoms with Crippen LogP contribution in [0.2, 0.25) is 0 Å². The molecule has 2 atom stereocenters. The minimum Gasteiger partial charge on any atom is -0.355 e. The van der Waals surface area contributed by atoms with Crippen LogP contribution in [0.15, 0.2) is 6.20 Å². The number of nitrogens with one attached hydrogen (secondary N) is 1. The topological polar surface area (TPSA) is 29.9 Å². The van der Waals surface area contributed by atoms with Crippen LogP contribution in [0.4, 0.5) is 5.95 Å². The Morgan fingerprint density at radius 1 is 1.15 bits per heavy atom. The molecule has 0 aliphatic heterocycles. The third kappa shape index (κ3) is 3.02. The van der Waals surface area contributed by atoms with Crippen molar-refractivity contribution in [2.75, 3.05) is 11.9 Å². The molecule has 3 heteroatoms. The second-order valence-electron chi connectivity index (χ2n) is 6.95. The monoisotopic (exact) mass is 275 g/mol. The van der Waals surface area contributed by atoms with Crippen LogP contribution in [0.1, 0.15) is 70.0 Å². The Hall–Kier alpha value is -0.990. The van der Waals surface area contributed by atoms with E-state index in [9.17, 15) is 0 Å². The predicted molar refractivity (Wildman–Crippen MR) is 84.1 cm³/mol. The van der Waals surface area contributed by atoms with Gasteiger partial charge in [-0.25, -0.2) is 4.98 Å². The molecule has 0 radical (unpaired) electrons. The van der Waals surface area contributed by atoms with Gasteiger partial charge < -0.3 is 9.88 Å². The standard InChI is InChI=1S/C17H29N3/c1-13-7-3-4-8-15(13)11-18-17-19-14(2)12-20(17)16-9-5-6-10-16/h12-13,15-16H,3-11H2,1-2H3,(H,18,19). The number of hydrogen-bond acceptors (Lipinski definition) is 2. The first kappa shape index (κ1) is 14.0. The Labute approximate surface area is 123 Å². The summed E-state index contributed by atoms with van der Waals surface area (Å²) >= 11 is 0. The van der Waals surface area contributed by atoms with Crippen molar-refractivity contribution < 1.29 is 0 Å². The SMILES string of the molecule is Cc1cn(C2CCCC2)c(NCC2CCCCC2C)n1. The van der Waals surface area contributed by atoms with Crippen molar-refractivity contribution in [3.63, 3.8) is 0 Å². The van der Waals surface area contributed by atoms with Crippen molar-refractivity contribution in [1.29, 1.82) is 0 Å². The Bertz CT molecular complexity index is 431. The van der Waals surface area contributed by atoms with Crippen LogP contribution < -0.4 is 5.32 Å². The molecule has 2 unspecified atom stereocenters. The van der Waals surface area contributed by atoms with E-state index in [4.69, 9.17) is 4.98 Å². The number of anilines is 1. The van der Waals surface area contributed by atoms with Gasteiger partial charge >= 0.3 is 0 Å². The minimum atomic E-state index is 0.683. The Kier molecular flexibility index (Phi) is 4.32. The molecule has 2 fully saturated rings. The Balaban J connectivity index is 1.64. The molecule has 0 amide bonds. The van der Waals surface area contributed by atoms with Gasteiger partial charge in [0.1, 0.15) is 0 Å². The van der Waals surface area contributed by atoms with Crippen LogP contribution in [-0.2, 0) is 0 Å². The third-order valence-electron chi connectivity index (χ3n) is 5.38. The van der Waals surface area contributed by atoms with Crippen molar-refractivity contribution in [3.8, 4) is 0 Å². The zero-order valence-electron chi connectivity index (χ0n) is 13.1. The molecule has 2 saturated carbocycles. The van der Waals surface area contributed by atoms with Crippen LogP contribution in [0.3, 0.4) is 0 Å². The number of rotatable bonds is 4. The highest BCUT2D eigenvalue weighted by molar-refractivity contribution is 5.30. The molecule has 112 valence electrons. The molecule has 0 aromatic carbocycles. The van der Waals surface area contributed by atoms with E-state index < -0.39 is 0 Å². The quantitative estimate of drug-likeness (QED) is 0.874. The zero-order valence-corrected chi connectivity index (χ0v) is 13.1. The van der Waals surface area contributed by atoms with Gasteiger partial charge in [0, 0.05) is 18.8 Å². The lowest BCUT2D eigenvalue weighted by Gasteiger charge is -2.29. The van der Waals surface area contributed by atoms with Crippen molar-refractivity contribution >= 4 is 5.95 Å². The maximum atomic E-state index is 4.72. The van der Waals surface area contributed by atoms with E-state index in [0.717, 1.165) is 30.0 Å². The molecule has 1 aromatic heterocycles. The number of hydrogen-bond donors (Lipinski definition) is 1. The van der Waals surface area contributed by atoms with Crippen molar-refractivity contribution in [3.05, 3.63) is 11.9 Å². The summed E-state index contributed by atoms with van der Waals surface area (Å²) in [7, 11) is 0. The van der Waals surface area contributed by atoms with E-state index in [1.54, 1.807) is 0 Å². The highest BCUT2D eigenvalue weighted by atomic mass is 15.2. The lowest BCUT2D eigenvalue weighted by molar-refractivity contribution is 0.268. The predicted octanol–water partition coefficient (Wildman–Crippen LogP) is 4.54. The van der Waals surface area contributed by atoms with Gasteiger partial charge in [-0.05, 0) is 38.0 Å². The first-order valence-electron chi connectivity index (χ1n) is 8.53. The van der Waals surface area contributed by atoms with Crippen LogP contribution in [0.25, 0.3) is 0 Å². The van der Waals surface area contributed by atoms with Crippen LogP contribution in [0.5, 0.6) is 0 Å². The summed E-state index contributed by atoms with van der Waals surface area (Å²) in [4.78, 5) is 4.72. The van der Waals surface area contributed by atoms with E-state index in [1.165, 1.54) is 51.4 Å². The molecule has 3 rings (SSSR count). The Morgan fingerprint density at radius 3 is 2.60 bits per heavy atom. The van der Waals surface area contributed by atoms with E-state index >= 15 is 0 Å². The van der Waals surface area contributed by atoms with Crippen molar-refractivity contribution in [2.24, 2.45) is 11.8 Å². The van der Waals surface area contributed by atoms with E-state index in [0.29, 0.717) is 6.04 Å². The summed E-state index contributed by atoms with van der Waals surface area (Å²) in [6, 6.07) is 0.683. The maximum absolute atomic E-state index is 4.72. The molecule has 1 N–H and O–H groups in total. The van der Waals surface area contributed by atoms with Crippen LogP contribution in [0, 0.1) is 18.8 Å². The van der Waals surface area contributed by atoms with Gasteiger partial charge in [-0.15, -0.1) is 0 Å². The number of aromatic nitrogens is 2. The number of nitrogens with zero attached hydrogens (tertiary/aromatic N) is 2. The van der Waals surface area contributed by atoms with Gasteiger partial charge in [0.05, 0.1) is 5.69 Å². The summed E-state index contributed by atoms with van der Waals surface area (Å²) in [5.74, 6) is 2.82. The van der Waals surface area contributed by atoms with Crippen molar-refractivity contribution in [1.82, 2.24) is 9.55 Å². The third-order valence-corrected chi connectivity index (χ3v) is 5.38. The smallest absolute Gasteiger partial charge is 0.203 e. The summed E-state index contributed by atoms with van der Waals surface area (Å²) < 4.78 is 2.41. The van der Waals surface area contributed by atoms with Gasteiger partial charge in [0.15, 0.2) is 0 Å². The molecule has 0 saturated heterocycles. The first-order valence-corrected chi connectivity index (χ1v) is 8.53. The lowest BCUT2D eigenvalue weighted by atomic mass is 9.80. The molecule has 2 aliphatic rings. The lowest BCUT2D eigenvalue weighted by Crippen LogP contribution is -2.25. The van der Waals surface area contributed by atoms with Gasteiger partial charge in [-0.3, -0.25) is 0 Å². The molecule has 1 heterocycles. The summed E-state index contributed by atoms with van der Waals surface area (Å²) in [5, 5.41) is 3.66. The second kappa shape index (κ2) is 6.19. The summed E-state index contributed by atoms with van der Waals surface area (Å²) in [5.41, 5.74) is 1.15. The molecule has 2 aliphatic carbocycles. The molecule has 0 bridgehead atoms. The van der Waals surface area contributed by atoms with E-state index in [2.05, 4.69) is 29.9 Å². The molecule has 0 spiro atoms. The highest BCUT2D eigenvalue weighted by Crippen LogP contribution is 2.33. The zero-order chi connectivity index (χ0) is 13.9.